The number of carbonyl (C=O) groups excluding carboxylic acids is 1. The van der Waals surface area contributed by atoms with E-state index in [1.54, 1.807) is 38.3 Å². The van der Waals surface area contributed by atoms with Gasteiger partial charge in [0, 0.05) is 35.2 Å². The van der Waals surface area contributed by atoms with Gasteiger partial charge in [-0.05, 0) is 146 Å². The maximum atomic E-state index is 12.8. The van der Waals surface area contributed by atoms with Crippen molar-refractivity contribution in [2.75, 3.05) is 21.3 Å². The van der Waals surface area contributed by atoms with Crippen molar-refractivity contribution in [2.45, 2.75) is 110 Å². The Bertz CT molecular complexity index is 2350. The third kappa shape index (κ3) is 15.9. The molecule has 0 spiro atoms. The largest absolute Gasteiger partial charge is 0.478 e. The van der Waals surface area contributed by atoms with Crippen molar-refractivity contribution in [2.24, 2.45) is 23.7 Å². The van der Waals surface area contributed by atoms with Gasteiger partial charge >= 0.3 is 5.97 Å². The van der Waals surface area contributed by atoms with Gasteiger partial charge in [-0.25, -0.2) is 4.79 Å². The fraction of sp³-hybridized carbons (Fsp3) is 0.429. The molecule has 6 atom stereocenters. The zero-order valence-corrected chi connectivity index (χ0v) is 40.6. The second-order valence-electron chi connectivity index (χ2n) is 18.6. The van der Waals surface area contributed by atoms with Crippen LogP contribution in [-0.4, -0.2) is 77.1 Å². The molecule has 0 bridgehead atoms. The van der Waals surface area contributed by atoms with Crippen molar-refractivity contribution >= 4 is 20.3 Å². The monoisotopic (exact) mass is 921 g/mol. The van der Waals surface area contributed by atoms with E-state index in [0.29, 0.717) is 48.6 Å². The van der Waals surface area contributed by atoms with Gasteiger partial charge in [0.1, 0.15) is 0 Å². The summed E-state index contributed by atoms with van der Waals surface area (Å²) in [6, 6.07) is 40.1. The van der Waals surface area contributed by atoms with Crippen molar-refractivity contribution < 1.29 is 29.3 Å². The SMILES string of the molecule is CCCc1cc(COC)[nH]n1.COCc1cc(CN(C)C(=O)c2ccc(C[C@@H]3CC[C@H]([C@H](O)c4ccccc4)C3)cc2)[nH]n1.C[C@H](c1ccccc1)[C@H]1CCC(Cc2ccc(C(=O)O)cc2)C1.[B]. The van der Waals surface area contributed by atoms with Gasteiger partial charge in [0.25, 0.3) is 5.91 Å². The number of carboxylic acids is 1. The van der Waals surface area contributed by atoms with Crippen LogP contribution in [0.4, 0.5) is 0 Å². The second-order valence-corrected chi connectivity index (χ2v) is 18.6. The lowest BCUT2D eigenvalue weighted by Crippen LogP contribution is -2.26. The Morgan fingerprint density at radius 1 is 0.691 bits per heavy atom. The van der Waals surface area contributed by atoms with Gasteiger partial charge in [0.15, 0.2) is 0 Å². The molecule has 0 aliphatic heterocycles. The Kier molecular flexibility index (Phi) is 21.3. The minimum Gasteiger partial charge on any atom is -0.478 e. The molecule has 6 aromatic rings. The lowest BCUT2D eigenvalue weighted by molar-refractivity contribution is 0.0696. The van der Waals surface area contributed by atoms with Crippen LogP contribution in [0.25, 0.3) is 0 Å². The van der Waals surface area contributed by atoms with E-state index in [1.165, 1.54) is 36.0 Å². The molecule has 1 amide bonds. The maximum Gasteiger partial charge on any atom is 0.335 e. The molecule has 2 aliphatic carbocycles. The summed E-state index contributed by atoms with van der Waals surface area (Å²) < 4.78 is 10.0. The number of methoxy groups -OCH3 is 2. The number of ether oxygens (including phenoxy) is 2. The molecule has 359 valence electrons. The van der Waals surface area contributed by atoms with E-state index in [2.05, 4.69) is 76.7 Å². The predicted octanol–water partition coefficient (Wildman–Crippen LogP) is 10.8. The molecule has 3 radical (unpaired) electrons. The summed E-state index contributed by atoms with van der Waals surface area (Å²) in [5, 5.41) is 33.9. The summed E-state index contributed by atoms with van der Waals surface area (Å²) in [6.07, 6.45) is 10.9. The van der Waals surface area contributed by atoms with Crippen LogP contribution in [0.3, 0.4) is 0 Å². The molecule has 4 N–H and O–H groups in total. The van der Waals surface area contributed by atoms with Crippen molar-refractivity contribution in [1.82, 2.24) is 25.3 Å². The lowest BCUT2D eigenvalue weighted by Gasteiger charge is -2.20. The molecule has 8 rings (SSSR count). The van der Waals surface area contributed by atoms with Gasteiger partial charge < -0.3 is 24.6 Å². The quantitative estimate of drug-likeness (QED) is 0.0622. The Morgan fingerprint density at radius 3 is 1.78 bits per heavy atom. The average Bonchev–Trinajstić information content (AvgIpc) is 4.20. The van der Waals surface area contributed by atoms with Crippen LogP contribution in [0.5, 0.6) is 0 Å². The number of benzene rings is 4. The molecule has 2 aromatic heterocycles. The number of nitrogens with zero attached hydrogens (tertiary/aromatic N) is 3. The summed E-state index contributed by atoms with van der Waals surface area (Å²) in [5.41, 5.74) is 9.89. The highest BCUT2D eigenvalue weighted by Gasteiger charge is 2.31. The highest BCUT2D eigenvalue weighted by atomic mass is 16.5. The normalized spacial score (nSPS) is 18.3. The van der Waals surface area contributed by atoms with E-state index in [0.717, 1.165) is 85.1 Å². The van der Waals surface area contributed by atoms with Crippen LogP contribution in [0, 0.1) is 23.7 Å². The number of H-pyrrole nitrogens is 2. The van der Waals surface area contributed by atoms with Crippen LogP contribution in [-0.2, 0) is 48.5 Å². The minimum atomic E-state index is -0.853. The van der Waals surface area contributed by atoms with Gasteiger partial charge in [-0.3, -0.25) is 15.0 Å². The smallest absolute Gasteiger partial charge is 0.335 e. The molecule has 4 aromatic carbocycles. The fourth-order valence-electron chi connectivity index (χ4n) is 9.81. The number of amides is 1. The van der Waals surface area contributed by atoms with E-state index >= 15 is 0 Å². The Morgan fingerprint density at radius 2 is 1.21 bits per heavy atom. The third-order valence-electron chi connectivity index (χ3n) is 13.5. The van der Waals surface area contributed by atoms with Crippen LogP contribution in [0.2, 0.25) is 0 Å². The van der Waals surface area contributed by atoms with E-state index in [9.17, 15) is 14.7 Å². The number of hydrogen-bond donors (Lipinski definition) is 4. The summed E-state index contributed by atoms with van der Waals surface area (Å²) >= 11 is 0. The van der Waals surface area contributed by atoms with Crippen molar-refractivity contribution in [3.05, 3.63) is 177 Å². The Labute approximate surface area is 405 Å². The number of aromatic nitrogens is 4. The first kappa shape index (κ1) is 53.1. The summed E-state index contributed by atoms with van der Waals surface area (Å²) in [7, 11) is 5.11. The Balaban J connectivity index is 0.000000213. The van der Waals surface area contributed by atoms with Gasteiger partial charge in [-0.1, -0.05) is 105 Å². The van der Waals surface area contributed by atoms with Crippen molar-refractivity contribution in [3.63, 3.8) is 0 Å². The number of aromatic amines is 2. The second kappa shape index (κ2) is 27.2. The highest BCUT2D eigenvalue weighted by molar-refractivity contribution is 5.94. The number of aryl methyl sites for hydroxylation is 1. The van der Waals surface area contributed by atoms with E-state index in [4.69, 9.17) is 14.6 Å². The first-order valence-corrected chi connectivity index (χ1v) is 24.0. The molecule has 2 aliphatic rings. The number of carboxylic acid groups (broad SMARTS) is 1. The fourth-order valence-corrected chi connectivity index (χ4v) is 9.81. The average molecular weight is 921 g/mol. The van der Waals surface area contributed by atoms with Crippen molar-refractivity contribution in [3.8, 4) is 0 Å². The zero-order valence-electron chi connectivity index (χ0n) is 40.6. The van der Waals surface area contributed by atoms with Crippen LogP contribution < -0.4 is 0 Å². The van der Waals surface area contributed by atoms with Gasteiger partial charge in [0.05, 0.1) is 54.2 Å². The summed E-state index contributed by atoms with van der Waals surface area (Å²) in [6.45, 7) is 6.03. The molecular formula is C56H71BN5O6. The molecule has 11 nitrogen and oxygen atoms in total. The third-order valence-corrected chi connectivity index (χ3v) is 13.5. The van der Waals surface area contributed by atoms with E-state index < -0.39 is 5.97 Å². The number of aromatic carboxylic acids is 1. The molecule has 2 heterocycles. The number of aliphatic hydroxyl groups is 1. The number of carbonyl (C=O) groups is 2. The standard InChI is InChI=1S/C27H33N3O3.C21H24O2.C8H14N2O.B/c1-30(17-24-16-25(18-33-2)29-28-24)27(32)22-11-8-19(9-12-22)14-20-10-13-23(15-20)26(31)21-6-4-3-5-7-21;1-15(18-5-3-2-4-6-18)20-12-9-17(14-20)13-16-7-10-19(11-8-16)21(22)23;1-3-4-7-5-8(6-11-2)10-9-7;/h3-9,11-12,16,20,23,26,31H,10,13-15,17-18H2,1-2H3,(H,28,29);2-8,10-11,15,17,20H,9,12-14H2,1H3,(H,22,23);5H,3-4,6H2,1-2H3,(H,9,10);/t20-,23-,26+;15-,17?,20+;;/m01../s1. The first-order chi connectivity index (χ1) is 32.5. The molecule has 0 saturated heterocycles. The Hall–Kier alpha value is -5.82. The number of rotatable bonds is 18. The number of hydrogen-bond acceptors (Lipinski definition) is 7. The van der Waals surface area contributed by atoms with Gasteiger partial charge in [-0.15, -0.1) is 0 Å². The van der Waals surface area contributed by atoms with Gasteiger partial charge in [0.2, 0.25) is 0 Å². The van der Waals surface area contributed by atoms with Crippen LogP contribution in [0.15, 0.2) is 121 Å². The lowest BCUT2D eigenvalue weighted by atomic mass is 9.85. The molecule has 2 saturated carbocycles. The van der Waals surface area contributed by atoms with Crippen LogP contribution >= 0.6 is 0 Å². The molecule has 68 heavy (non-hydrogen) atoms. The van der Waals surface area contributed by atoms with E-state index in [1.807, 2.05) is 66.7 Å². The first-order valence-electron chi connectivity index (χ1n) is 24.0. The zero-order chi connectivity index (χ0) is 47.5. The molecular weight excluding hydrogens is 849 g/mol. The maximum absolute atomic E-state index is 12.8. The topological polar surface area (TPSA) is 154 Å². The van der Waals surface area contributed by atoms with Gasteiger partial charge in [-0.2, -0.15) is 10.2 Å². The molecule has 2 fully saturated rings. The predicted molar refractivity (Wildman–Crippen MR) is 269 cm³/mol. The highest BCUT2D eigenvalue weighted by Crippen LogP contribution is 2.42. The minimum absolute atomic E-state index is 0. The van der Waals surface area contributed by atoms with E-state index in [-0.39, 0.29) is 20.4 Å². The van der Waals surface area contributed by atoms with Crippen molar-refractivity contribution in [1.29, 1.82) is 0 Å². The summed E-state index contributed by atoms with van der Waals surface area (Å²) in [4.78, 5) is 25.4. The number of aliphatic hydroxyl groups excluding tert-OH is 1. The summed E-state index contributed by atoms with van der Waals surface area (Å²) in [5.74, 6) is 2.13. The molecule has 1 unspecified atom stereocenters. The number of nitrogens with one attached hydrogen (secondary N) is 2. The van der Waals surface area contributed by atoms with Crippen LogP contribution in [0.1, 0.15) is 137 Å². The molecule has 12 heteroatoms.